The van der Waals surface area contributed by atoms with Crippen molar-refractivity contribution in [3.63, 3.8) is 0 Å². The summed E-state index contributed by atoms with van der Waals surface area (Å²) in [5.74, 6) is 0. The van der Waals surface area contributed by atoms with Crippen LogP contribution in [0.1, 0.15) is 162 Å². The second-order valence-electron chi connectivity index (χ2n) is 26.2. The van der Waals surface area contributed by atoms with Crippen LogP contribution in [0.5, 0.6) is 0 Å². The molecule has 1 aromatic rings. The molecule has 1 unspecified atom stereocenters. The zero-order valence-electron chi connectivity index (χ0n) is 49.5. The van der Waals surface area contributed by atoms with Crippen LogP contribution in [0.25, 0.3) is 0 Å². The summed E-state index contributed by atoms with van der Waals surface area (Å²) in [7, 11) is 0. The van der Waals surface area contributed by atoms with E-state index >= 15 is 0 Å². The third-order valence-corrected chi connectivity index (χ3v) is 11.8. The van der Waals surface area contributed by atoms with Crippen molar-refractivity contribution in [2.45, 2.75) is 264 Å². The molecule has 24 nitrogen and oxygen atoms in total. The molecule has 4 aliphatic rings. The highest BCUT2D eigenvalue weighted by Gasteiger charge is 2.54. The average molecular weight is 1120 g/mol. The van der Waals surface area contributed by atoms with E-state index in [0.29, 0.717) is 18.4 Å². The molecule has 0 bridgehead atoms. The molecule has 1 aromatic carbocycles. The summed E-state index contributed by atoms with van der Waals surface area (Å²) in [6, 6.07) is 3.89. The number of hydrogen-bond acceptors (Lipinski definition) is 18. The van der Waals surface area contributed by atoms with Gasteiger partial charge >= 0.3 is 36.6 Å². The van der Waals surface area contributed by atoms with Gasteiger partial charge in [0.2, 0.25) is 0 Å². The molecule has 6 N–H and O–H groups in total. The lowest BCUT2D eigenvalue weighted by Crippen LogP contribution is -2.72. The molecule has 79 heavy (non-hydrogen) atoms. The lowest BCUT2D eigenvalue weighted by Gasteiger charge is -2.51. The maximum absolute atomic E-state index is 14.0. The first-order valence-corrected chi connectivity index (χ1v) is 27.2. The van der Waals surface area contributed by atoms with Gasteiger partial charge in [0.15, 0.2) is 18.9 Å². The molecule has 0 aromatic heterocycles. The number of hydrogen-bond donors (Lipinski definition) is 6. The molecule has 1 aliphatic carbocycles. The first-order chi connectivity index (χ1) is 36.3. The summed E-state index contributed by atoms with van der Waals surface area (Å²) < 4.78 is 74.2. The number of amides is 6. The van der Waals surface area contributed by atoms with Gasteiger partial charge in [-0.05, 0) is 144 Å². The zero-order chi connectivity index (χ0) is 59.1. The molecule has 0 radical (unpaired) electrons. The Morgan fingerprint density at radius 3 is 1.35 bits per heavy atom. The van der Waals surface area contributed by atoms with E-state index in [0.717, 1.165) is 0 Å². The molecule has 6 amide bonds. The minimum atomic E-state index is -1.48. The van der Waals surface area contributed by atoms with Crippen LogP contribution >= 0.6 is 0 Å². The Hall–Kier alpha value is -5.40. The van der Waals surface area contributed by atoms with E-state index in [4.69, 9.17) is 56.8 Å². The summed E-state index contributed by atoms with van der Waals surface area (Å²) in [6.07, 6.45) is -12.8. The third-order valence-electron chi connectivity index (χ3n) is 11.8. The van der Waals surface area contributed by atoms with E-state index in [1.165, 1.54) is 0 Å². The highest BCUT2D eigenvalue weighted by Crippen LogP contribution is 2.38. The standard InChI is InChI=1S/C55H90N6O18/c1-50(2,3)74-44(62)56-28-31-24-25-32(57-45(63)75-51(4,5)6)42(69-31)70-35-27-36(34(59-47(65)77-53(10,11)12)26-33(35)58-46(64)76-52(7,8)9)71-43-39(61-49(67)79-55(16,17)18)38(60-48(66)78-54(13,14)15)40-37(72-43)29-68-41(73-40)30-22-20-19-21-23-30/h19-23,31-43H,24-29H2,1-18H3,(H,56,62)(H,57,63)(H,58,64)(H,59,65)(H,60,66)(H,61,67)/t31-,32+,33-,34+,35-,36+,37+,38+,39+,40+,41?,42+,43-/m0/s1. The van der Waals surface area contributed by atoms with Crippen LogP contribution in [0, 0.1) is 0 Å². The van der Waals surface area contributed by atoms with Gasteiger partial charge < -0.3 is 88.7 Å². The SMILES string of the molecule is CC(C)(C)OC(=O)NC[C@@H]1CC[C@@H](NC(=O)OC(C)(C)C)[C@@H](O[C@H]2C[C@@H](O[C@H]3O[C@@H]4COC(c5ccccc5)O[C@H]4[C@H](NC(=O)OC(C)(C)C)[C@H]3NC(=O)OC(C)(C)C)[C@H](NC(=O)OC(C)(C)C)C[C@@H]2NC(=O)OC(C)(C)C)O1. The number of nitrogens with one attached hydrogen (secondary N) is 6. The summed E-state index contributed by atoms with van der Waals surface area (Å²) in [5, 5.41) is 17.3. The minimum Gasteiger partial charge on any atom is -0.444 e. The zero-order valence-corrected chi connectivity index (χ0v) is 49.5. The molecule has 13 atom stereocenters. The Kier molecular flexibility index (Phi) is 21.2. The maximum Gasteiger partial charge on any atom is 0.408 e. The van der Waals surface area contributed by atoms with Crippen LogP contribution in [-0.4, -0.2) is 157 Å². The summed E-state index contributed by atoms with van der Waals surface area (Å²) in [4.78, 5) is 81.8. The van der Waals surface area contributed by atoms with E-state index in [-0.39, 0.29) is 26.0 Å². The van der Waals surface area contributed by atoms with Gasteiger partial charge in [0.05, 0.1) is 49.1 Å². The van der Waals surface area contributed by atoms with Crippen molar-refractivity contribution >= 4 is 36.6 Å². The molecule has 5 rings (SSSR count). The lowest BCUT2D eigenvalue weighted by molar-refractivity contribution is -0.337. The minimum absolute atomic E-state index is 0.0110. The summed E-state index contributed by atoms with van der Waals surface area (Å²) in [6.45, 7) is 30.8. The molecule has 3 saturated heterocycles. The predicted molar refractivity (Wildman–Crippen MR) is 286 cm³/mol. The van der Waals surface area contributed by atoms with Gasteiger partial charge in [-0.15, -0.1) is 0 Å². The molecular formula is C55H90N6O18. The molecule has 4 fully saturated rings. The van der Waals surface area contributed by atoms with Crippen molar-refractivity contribution in [1.82, 2.24) is 31.9 Å². The average Bonchev–Trinajstić information content (AvgIpc) is 3.25. The van der Waals surface area contributed by atoms with E-state index in [1.807, 2.05) is 30.3 Å². The van der Waals surface area contributed by atoms with Crippen LogP contribution in [0.15, 0.2) is 30.3 Å². The van der Waals surface area contributed by atoms with Crippen LogP contribution in [0.2, 0.25) is 0 Å². The highest BCUT2D eigenvalue weighted by molar-refractivity contribution is 5.71. The van der Waals surface area contributed by atoms with Crippen LogP contribution in [0.4, 0.5) is 28.8 Å². The Balaban J connectivity index is 1.60. The highest BCUT2D eigenvalue weighted by atomic mass is 16.8. The van der Waals surface area contributed by atoms with Gasteiger partial charge in [0.25, 0.3) is 0 Å². The maximum atomic E-state index is 14.0. The Bertz CT molecular complexity index is 2210. The molecule has 0 spiro atoms. The fourth-order valence-corrected chi connectivity index (χ4v) is 8.97. The van der Waals surface area contributed by atoms with Crippen molar-refractivity contribution < 1.29 is 85.6 Å². The third kappa shape index (κ3) is 22.2. The number of benzene rings is 1. The van der Waals surface area contributed by atoms with Crippen molar-refractivity contribution in [3.8, 4) is 0 Å². The van der Waals surface area contributed by atoms with Gasteiger partial charge in [-0.25, -0.2) is 28.8 Å². The van der Waals surface area contributed by atoms with Crippen LogP contribution < -0.4 is 31.9 Å². The predicted octanol–water partition coefficient (Wildman–Crippen LogP) is 7.89. The molecule has 3 heterocycles. The number of alkyl carbamates (subject to hydrolysis) is 6. The largest absolute Gasteiger partial charge is 0.444 e. The van der Waals surface area contributed by atoms with E-state index in [1.54, 1.807) is 125 Å². The van der Waals surface area contributed by atoms with Crippen LogP contribution in [0.3, 0.4) is 0 Å². The van der Waals surface area contributed by atoms with E-state index < -0.39 is 150 Å². The van der Waals surface area contributed by atoms with Crippen LogP contribution in [-0.2, 0) is 56.8 Å². The molecule has 3 aliphatic heterocycles. The Morgan fingerprint density at radius 2 is 0.886 bits per heavy atom. The molecule has 24 heteroatoms. The quantitative estimate of drug-likeness (QED) is 0.108. The van der Waals surface area contributed by atoms with Crippen molar-refractivity contribution in [1.29, 1.82) is 0 Å². The fourth-order valence-electron chi connectivity index (χ4n) is 8.97. The normalized spacial score (nSPS) is 28.8. The van der Waals surface area contributed by atoms with E-state index in [9.17, 15) is 28.8 Å². The lowest BCUT2D eigenvalue weighted by atomic mass is 9.85. The van der Waals surface area contributed by atoms with Crippen molar-refractivity contribution in [2.75, 3.05) is 13.2 Å². The second-order valence-corrected chi connectivity index (χ2v) is 26.2. The molecular weight excluding hydrogens is 1030 g/mol. The topological polar surface area (TPSA) is 285 Å². The molecule has 1 saturated carbocycles. The fraction of sp³-hybridized carbons (Fsp3) is 0.782. The summed E-state index contributed by atoms with van der Waals surface area (Å²) >= 11 is 0. The Morgan fingerprint density at radius 1 is 0.468 bits per heavy atom. The van der Waals surface area contributed by atoms with Crippen molar-refractivity contribution in [3.05, 3.63) is 35.9 Å². The Labute approximate surface area is 465 Å². The van der Waals surface area contributed by atoms with E-state index in [2.05, 4.69) is 31.9 Å². The molecule has 448 valence electrons. The number of carbonyl (C=O) groups is 6. The van der Waals surface area contributed by atoms with Gasteiger partial charge in [-0.1, -0.05) is 30.3 Å². The monoisotopic (exact) mass is 1120 g/mol. The second kappa shape index (κ2) is 26.0. The van der Waals surface area contributed by atoms with Gasteiger partial charge in [-0.3, -0.25) is 0 Å². The van der Waals surface area contributed by atoms with Gasteiger partial charge in [0.1, 0.15) is 51.9 Å². The van der Waals surface area contributed by atoms with Crippen molar-refractivity contribution in [2.24, 2.45) is 0 Å². The number of rotatable bonds is 12. The van der Waals surface area contributed by atoms with Gasteiger partial charge in [0, 0.05) is 18.5 Å². The number of carbonyl (C=O) groups excluding carboxylic acids is 6. The number of ether oxygens (including phenoxy) is 12. The first kappa shape index (κ1) is 64.4. The number of fused-ring (bicyclic) bond motifs is 1. The summed E-state index contributed by atoms with van der Waals surface area (Å²) in [5.41, 5.74) is -4.74. The smallest absolute Gasteiger partial charge is 0.408 e. The first-order valence-electron chi connectivity index (χ1n) is 27.2. The van der Waals surface area contributed by atoms with Gasteiger partial charge in [-0.2, -0.15) is 0 Å².